The van der Waals surface area contributed by atoms with E-state index in [-0.39, 0.29) is 5.75 Å². The van der Waals surface area contributed by atoms with Gasteiger partial charge < -0.3 is 9.84 Å². The minimum absolute atomic E-state index is 0.110. The molecule has 23 heavy (non-hydrogen) atoms. The highest BCUT2D eigenvalue weighted by molar-refractivity contribution is 6.35. The van der Waals surface area contributed by atoms with Crippen LogP contribution in [0.25, 0.3) is 10.8 Å². The lowest BCUT2D eigenvalue weighted by Gasteiger charge is -2.13. The lowest BCUT2D eigenvalue weighted by Crippen LogP contribution is -1.98. The van der Waals surface area contributed by atoms with Gasteiger partial charge in [0.1, 0.15) is 11.5 Å². The fraction of sp³-hybridized carbons (Fsp3) is 0.105. The predicted octanol–water partition coefficient (Wildman–Crippen LogP) is 4.61. The van der Waals surface area contributed by atoms with Gasteiger partial charge in [-0.3, -0.25) is 4.79 Å². The number of methoxy groups -OCH3 is 1. The molecule has 3 aromatic rings. The van der Waals surface area contributed by atoms with Gasteiger partial charge in [0.15, 0.2) is 6.29 Å². The summed E-state index contributed by atoms with van der Waals surface area (Å²) in [6.07, 6.45) is 1.18. The van der Waals surface area contributed by atoms with E-state index >= 15 is 0 Å². The van der Waals surface area contributed by atoms with Crippen molar-refractivity contribution in [2.75, 3.05) is 7.11 Å². The second-order valence-corrected chi connectivity index (χ2v) is 5.68. The highest BCUT2D eigenvalue weighted by Gasteiger charge is 2.14. The second-order valence-electron chi connectivity index (χ2n) is 5.28. The van der Waals surface area contributed by atoms with Gasteiger partial charge in [-0.2, -0.15) is 0 Å². The lowest BCUT2D eigenvalue weighted by atomic mass is 9.98. The molecule has 0 saturated heterocycles. The third-order valence-electron chi connectivity index (χ3n) is 3.87. The predicted molar refractivity (Wildman–Crippen MR) is 91.8 cm³/mol. The molecule has 0 radical (unpaired) electrons. The smallest absolute Gasteiger partial charge is 0.153 e. The molecule has 0 heterocycles. The van der Waals surface area contributed by atoms with Crippen LogP contribution in [0.3, 0.4) is 0 Å². The molecule has 4 heteroatoms. The first-order chi connectivity index (χ1) is 11.1. The van der Waals surface area contributed by atoms with Gasteiger partial charge in [-0.15, -0.1) is 0 Å². The first-order valence-corrected chi connectivity index (χ1v) is 7.53. The fourth-order valence-electron chi connectivity index (χ4n) is 2.75. The van der Waals surface area contributed by atoms with Crippen LogP contribution in [0.15, 0.2) is 48.5 Å². The largest absolute Gasteiger partial charge is 0.508 e. The molecule has 0 aromatic heterocycles. The van der Waals surface area contributed by atoms with E-state index in [1.54, 1.807) is 6.07 Å². The summed E-state index contributed by atoms with van der Waals surface area (Å²) in [4.78, 5) is 11.1. The number of ether oxygens (including phenoxy) is 1. The van der Waals surface area contributed by atoms with Crippen LogP contribution in [0.4, 0.5) is 0 Å². The number of carbonyl (C=O) groups is 1. The van der Waals surface area contributed by atoms with Crippen molar-refractivity contribution < 1.29 is 14.6 Å². The Morgan fingerprint density at radius 1 is 1.17 bits per heavy atom. The maximum Gasteiger partial charge on any atom is 0.153 e. The Labute approximate surface area is 139 Å². The van der Waals surface area contributed by atoms with Gasteiger partial charge in [-0.1, -0.05) is 41.9 Å². The van der Waals surface area contributed by atoms with E-state index in [0.29, 0.717) is 28.3 Å². The number of hydrogen-bond acceptors (Lipinski definition) is 3. The average molecular weight is 327 g/mol. The van der Waals surface area contributed by atoms with Gasteiger partial charge in [-0.25, -0.2) is 0 Å². The van der Waals surface area contributed by atoms with E-state index < -0.39 is 0 Å². The zero-order chi connectivity index (χ0) is 16.4. The molecule has 0 fully saturated rings. The summed E-state index contributed by atoms with van der Waals surface area (Å²) < 4.78 is 5.31. The van der Waals surface area contributed by atoms with E-state index in [9.17, 15) is 9.90 Å². The van der Waals surface area contributed by atoms with Crippen molar-refractivity contribution in [3.63, 3.8) is 0 Å². The molecule has 0 bridgehead atoms. The summed E-state index contributed by atoms with van der Waals surface area (Å²) in [5.41, 5.74) is 2.01. The van der Waals surface area contributed by atoms with Gasteiger partial charge in [0.2, 0.25) is 0 Å². The third kappa shape index (κ3) is 2.88. The molecule has 0 aliphatic heterocycles. The molecule has 0 spiro atoms. The van der Waals surface area contributed by atoms with E-state index in [2.05, 4.69) is 0 Å². The summed E-state index contributed by atoms with van der Waals surface area (Å²) in [6.45, 7) is 0. The van der Waals surface area contributed by atoms with Crippen molar-refractivity contribution in [1.29, 1.82) is 0 Å². The second kappa shape index (κ2) is 6.31. The van der Waals surface area contributed by atoms with Crippen LogP contribution >= 0.6 is 11.6 Å². The minimum Gasteiger partial charge on any atom is -0.508 e. The average Bonchev–Trinajstić information content (AvgIpc) is 2.56. The molecule has 0 atom stereocenters. The zero-order valence-corrected chi connectivity index (χ0v) is 13.3. The molecule has 3 nitrogen and oxygen atoms in total. The Balaban J connectivity index is 2.07. The van der Waals surface area contributed by atoms with E-state index in [1.807, 2.05) is 36.4 Å². The number of phenolic OH excluding ortho intramolecular Hbond substituents is 1. The van der Waals surface area contributed by atoms with E-state index in [0.717, 1.165) is 22.6 Å². The maximum atomic E-state index is 11.1. The molecule has 0 unspecified atom stereocenters. The van der Waals surface area contributed by atoms with Crippen LogP contribution in [-0.2, 0) is 6.42 Å². The van der Waals surface area contributed by atoms with Crippen LogP contribution < -0.4 is 4.74 Å². The van der Waals surface area contributed by atoms with E-state index in [4.69, 9.17) is 16.3 Å². The number of aromatic hydroxyl groups is 1. The molecular formula is C19H15ClO3. The number of aldehydes is 1. The normalized spacial score (nSPS) is 10.7. The van der Waals surface area contributed by atoms with Gasteiger partial charge in [0.25, 0.3) is 0 Å². The van der Waals surface area contributed by atoms with Crippen LogP contribution in [0.1, 0.15) is 21.5 Å². The maximum absolute atomic E-state index is 11.1. The summed E-state index contributed by atoms with van der Waals surface area (Å²) in [7, 11) is 1.49. The van der Waals surface area contributed by atoms with Crippen molar-refractivity contribution in [2.45, 2.75) is 6.42 Å². The number of halogens is 1. The quantitative estimate of drug-likeness (QED) is 0.712. The van der Waals surface area contributed by atoms with Gasteiger partial charge in [0.05, 0.1) is 12.7 Å². The summed E-state index contributed by atoms with van der Waals surface area (Å²) >= 11 is 6.18. The summed E-state index contributed by atoms with van der Waals surface area (Å²) in [6, 6.07) is 14.7. The fourth-order valence-corrected chi connectivity index (χ4v) is 2.99. The van der Waals surface area contributed by atoms with Crippen LogP contribution in [-0.4, -0.2) is 18.5 Å². The Morgan fingerprint density at radius 3 is 2.74 bits per heavy atom. The Hall–Kier alpha value is -2.52. The molecule has 0 aliphatic rings. The lowest BCUT2D eigenvalue weighted by molar-refractivity contribution is 0.112. The van der Waals surface area contributed by atoms with Crippen molar-refractivity contribution in [3.8, 4) is 11.5 Å². The summed E-state index contributed by atoms with van der Waals surface area (Å²) in [5, 5.41) is 12.9. The minimum atomic E-state index is 0.110. The van der Waals surface area contributed by atoms with Crippen molar-refractivity contribution in [3.05, 3.63) is 70.2 Å². The van der Waals surface area contributed by atoms with Crippen LogP contribution in [0, 0.1) is 0 Å². The Morgan fingerprint density at radius 2 is 2.00 bits per heavy atom. The number of benzene rings is 3. The first-order valence-electron chi connectivity index (χ1n) is 7.15. The molecule has 3 aromatic carbocycles. The number of phenols is 1. The summed E-state index contributed by atoms with van der Waals surface area (Å²) in [5.74, 6) is 0.518. The van der Waals surface area contributed by atoms with E-state index in [1.165, 1.54) is 13.2 Å². The highest BCUT2D eigenvalue weighted by Crippen LogP contribution is 2.33. The van der Waals surface area contributed by atoms with Gasteiger partial charge >= 0.3 is 0 Å². The molecule has 3 rings (SSSR count). The van der Waals surface area contributed by atoms with Crippen molar-refractivity contribution in [2.24, 2.45) is 0 Å². The van der Waals surface area contributed by atoms with Gasteiger partial charge in [-0.05, 0) is 29.1 Å². The number of hydrogen-bond donors (Lipinski definition) is 1. The topological polar surface area (TPSA) is 46.5 Å². The van der Waals surface area contributed by atoms with Crippen LogP contribution in [0.5, 0.6) is 11.5 Å². The van der Waals surface area contributed by atoms with Gasteiger partial charge in [0, 0.05) is 22.4 Å². The highest BCUT2D eigenvalue weighted by atomic mass is 35.5. The SMILES string of the molecule is COc1c(C=O)ccc(O)c1Cc1ccc2c(Cl)cccc2c1. The Kier molecular flexibility index (Phi) is 4.22. The molecular weight excluding hydrogens is 312 g/mol. The standard InChI is InChI=1S/C19H15ClO3/c1-23-19-14(11-21)6-8-18(22)16(19)10-12-5-7-15-13(9-12)3-2-4-17(15)20/h2-9,11,22H,10H2,1H3. The monoisotopic (exact) mass is 326 g/mol. The number of carbonyl (C=O) groups excluding carboxylic acids is 1. The molecule has 116 valence electrons. The third-order valence-corrected chi connectivity index (χ3v) is 4.20. The van der Waals surface area contributed by atoms with Crippen molar-refractivity contribution >= 4 is 28.7 Å². The molecule has 0 saturated carbocycles. The number of fused-ring (bicyclic) bond motifs is 1. The molecule has 0 amide bonds. The first kappa shape index (κ1) is 15.4. The van der Waals surface area contributed by atoms with Crippen molar-refractivity contribution in [1.82, 2.24) is 0 Å². The van der Waals surface area contributed by atoms with Crippen LogP contribution in [0.2, 0.25) is 5.02 Å². The molecule has 1 N–H and O–H groups in total. The zero-order valence-electron chi connectivity index (χ0n) is 12.5. The molecule has 0 aliphatic carbocycles. The number of rotatable bonds is 4. The Bertz CT molecular complexity index is 887.